The van der Waals surface area contributed by atoms with Crippen molar-refractivity contribution in [2.75, 3.05) is 13.2 Å². The Labute approximate surface area is 119 Å². The Morgan fingerprint density at radius 1 is 1.40 bits per heavy atom. The number of nitrogens with zero attached hydrogens (tertiary/aromatic N) is 1. The zero-order valence-electron chi connectivity index (χ0n) is 12.3. The minimum atomic E-state index is -0.353. The molecule has 0 bridgehead atoms. The Hall–Kier alpha value is -1.62. The Morgan fingerprint density at radius 3 is 2.70 bits per heavy atom. The largest absolute Gasteiger partial charge is 0.493 e. The second-order valence-corrected chi connectivity index (χ2v) is 5.76. The first-order chi connectivity index (χ1) is 9.47. The number of nitrogens with one attached hydrogen (secondary N) is 1. The highest BCUT2D eigenvalue weighted by Gasteiger charge is 2.21. The molecule has 0 saturated heterocycles. The van der Waals surface area contributed by atoms with Crippen LogP contribution in [0.4, 0.5) is 5.69 Å². The molecule has 1 aromatic rings. The monoisotopic (exact) mass is 278 g/mol. The number of nitro benzene ring substituents is 1. The average molecular weight is 278 g/mol. The van der Waals surface area contributed by atoms with E-state index >= 15 is 0 Å². The molecule has 0 heterocycles. The molecule has 110 valence electrons. The summed E-state index contributed by atoms with van der Waals surface area (Å²) in [5.74, 6) is 1.16. The van der Waals surface area contributed by atoms with Crippen LogP contribution >= 0.6 is 0 Å². The van der Waals surface area contributed by atoms with E-state index in [4.69, 9.17) is 4.74 Å². The Bertz CT molecular complexity index is 498. The molecule has 2 rings (SSSR count). The summed E-state index contributed by atoms with van der Waals surface area (Å²) in [5, 5.41) is 14.3. The van der Waals surface area contributed by atoms with Crippen molar-refractivity contribution in [2.24, 2.45) is 5.92 Å². The summed E-state index contributed by atoms with van der Waals surface area (Å²) in [5.41, 5.74) is 1.60. The first-order valence-electron chi connectivity index (χ1n) is 7.09. The fourth-order valence-electron chi connectivity index (χ4n) is 2.07. The third kappa shape index (κ3) is 3.93. The van der Waals surface area contributed by atoms with Crippen LogP contribution in [-0.2, 0) is 0 Å². The maximum Gasteiger partial charge on any atom is 0.272 e. The molecular weight excluding hydrogens is 256 g/mol. The summed E-state index contributed by atoms with van der Waals surface area (Å²) < 4.78 is 5.80. The summed E-state index contributed by atoms with van der Waals surface area (Å²) in [4.78, 5) is 10.5. The quantitative estimate of drug-likeness (QED) is 0.615. The second-order valence-electron chi connectivity index (χ2n) is 5.76. The first-order valence-corrected chi connectivity index (χ1v) is 7.09. The number of rotatable bonds is 7. The van der Waals surface area contributed by atoms with Crippen LogP contribution in [0.25, 0.3) is 0 Å². The number of hydrogen-bond donors (Lipinski definition) is 1. The van der Waals surface area contributed by atoms with Crippen LogP contribution in [-0.4, -0.2) is 24.1 Å². The second kappa shape index (κ2) is 6.22. The summed E-state index contributed by atoms with van der Waals surface area (Å²) in [7, 11) is 0. The van der Waals surface area contributed by atoms with Gasteiger partial charge in [0.2, 0.25) is 0 Å². The normalized spacial score (nSPS) is 15.9. The smallest absolute Gasteiger partial charge is 0.272 e. The highest BCUT2D eigenvalue weighted by atomic mass is 16.6. The highest BCUT2D eigenvalue weighted by molar-refractivity contribution is 5.49. The molecule has 1 atom stereocenters. The van der Waals surface area contributed by atoms with E-state index in [0.717, 1.165) is 17.9 Å². The van der Waals surface area contributed by atoms with Gasteiger partial charge in [0.15, 0.2) is 0 Å². The van der Waals surface area contributed by atoms with Crippen molar-refractivity contribution in [1.82, 2.24) is 5.32 Å². The van der Waals surface area contributed by atoms with Crippen LogP contribution in [0.5, 0.6) is 5.75 Å². The van der Waals surface area contributed by atoms with E-state index in [9.17, 15) is 10.1 Å². The zero-order valence-corrected chi connectivity index (χ0v) is 12.3. The van der Waals surface area contributed by atoms with Gasteiger partial charge in [0.1, 0.15) is 5.75 Å². The van der Waals surface area contributed by atoms with Crippen molar-refractivity contribution in [1.29, 1.82) is 0 Å². The number of nitro groups is 1. The minimum absolute atomic E-state index is 0.151. The van der Waals surface area contributed by atoms with Crippen molar-refractivity contribution in [3.8, 4) is 5.75 Å². The topological polar surface area (TPSA) is 64.4 Å². The lowest BCUT2D eigenvalue weighted by molar-refractivity contribution is -0.385. The molecule has 5 heteroatoms. The van der Waals surface area contributed by atoms with E-state index in [1.54, 1.807) is 19.1 Å². The fourth-order valence-corrected chi connectivity index (χ4v) is 2.07. The summed E-state index contributed by atoms with van der Waals surface area (Å²) >= 11 is 0. The van der Waals surface area contributed by atoms with Gasteiger partial charge < -0.3 is 10.1 Å². The van der Waals surface area contributed by atoms with Crippen molar-refractivity contribution in [3.05, 3.63) is 33.4 Å². The summed E-state index contributed by atoms with van der Waals surface area (Å²) in [6.07, 6.45) is 2.57. The molecule has 1 aliphatic rings. The number of benzene rings is 1. The maximum absolute atomic E-state index is 10.9. The van der Waals surface area contributed by atoms with Gasteiger partial charge in [0, 0.05) is 30.1 Å². The molecule has 1 aromatic carbocycles. The van der Waals surface area contributed by atoms with Gasteiger partial charge in [0.25, 0.3) is 5.69 Å². The predicted octanol–water partition coefficient (Wildman–Crippen LogP) is 2.98. The molecular formula is C15H22N2O3. The minimum Gasteiger partial charge on any atom is -0.493 e. The van der Waals surface area contributed by atoms with Crippen LogP contribution < -0.4 is 10.1 Å². The van der Waals surface area contributed by atoms with E-state index in [2.05, 4.69) is 12.2 Å². The molecule has 1 N–H and O–H groups in total. The molecule has 1 fully saturated rings. The SMILES string of the molecule is Cc1cc([N+](=O)[O-])c(C)cc1OCC(C)CNC1CC1. The Balaban J connectivity index is 1.91. The van der Waals surface area contributed by atoms with Crippen molar-refractivity contribution in [3.63, 3.8) is 0 Å². The first kappa shape index (κ1) is 14.8. The van der Waals surface area contributed by atoms with Gasteiger partial charge in [-0.1, -0.05) is 6.92 Å². The highest BCUT2D eigenvalue weighted by Crippen LogP contribution is 2.28. The number of aryl methyl sites for hydroxylation is 2. The lowest BCUT2D eigenvalue weighted by Crippen LogP contribution is -2.26. The Morgan fingerprint density at radius 2 is 2.10 bits per heavy atom. The molecule has 20 heavy (non-hydrogen) atoms. The molecule has 0 spiro atoms. The van der Waals surface area contributed by atoms with Crippen LogP contribution in [0.2, 0.25) is 0 Å². The molecule has 5 nitrogen and oxygen atoms in total. The van der Waals surface area contributed by atoms with Gasteiger partial charge in [-0.2, -0.15) is 0 Å². The molecule has 0 aliphatic heterocycles. The average Bonchev–Trinajstić information content (AvgIpc) is 3.20. The van der Waals surface area contributed by atoms with Gasteiger partial charge in [-0.25, -0.2) is 0 Å². The third-order valence-corrected chi connectivity index (χ3v) is 3.55. The van der Waals surface area contributed by atoms with Crippen LogP contribution in [0.3, 0.4) is 0 Å². The van der Waals surface area contributed by atoms with E-state index < -0.39 is 0 Å². The van der Waals surface area contributed by atoms with Gasteiger partial charge in [-0.3, -0.25) is 10.1 Å². The van der Waals surface area contributed by atoms with Crippen molar-refractivity contribution >= 4 is 5.69 Å². The zero-order chi connectivity index (χ0) is 14.7. The predicted molar refractivity (Wildman–Crippen MR) is 78.3 cm³/mol. The van der Waals surface area contributed by atoms with Crippen LogP contribution in [0.1, 0.15) is 30.9 Å². The van der Waals surface area contributed by atoms with E-state index in [1.165, 1.54) is 12.8 Å². The summed E-state index contributed by atoms with van der Waals surface area (Å²) in [6.45, 7) is 7.30. The molecule has 1 aliphatic carbocycles. The van der Waals surface area contributed by atoms with E-state index in [-0.39, 0.29) is 10.6 Å². The van der Waals surface area contributed by atoms with Crippen LogP contribution in [0, 0.1) is 29.9 Å². The lowest BCUT2D eigenvalue weighted by Gasteiger charge is -2.15. The molecule has 1 unspecified atom stereocenters. The lowest BCUT2D eigenvalue weighted by atomic mass is 10.1. The summed E-state index contributed by atoms with van der Waals surface area (Å²) in [6, 6.07) is 4.05. The number of ether oxygens (including phenoxy) is 1. The Kier molecular flexibility index (Phi) is 4.60. The number of hydrogen-bond acceptors (Lipinski definition) is 4. The van der Waals surface area contributed by atoms with Gasteiger partial charge in [-0.05, 0) is 38.3 Å². The van der Waals surface area contributed by atoms with Gasteiger partial charge in [-0.15, -0.1) is 0 Å². The molecule has 0 aromatic heterocycles. The molecule has 1 saturated carbocycles. The van der Waals surface area contributed by atoms with Gasteiger partial charge in [0.05, 0.1) is 11.5 Å². The third-order valence-electron chi connectivity index (χ3n) is 3.55. The van der Waals surface area contributed by atoms with E-state index in [1.807, 2.05) is 6.92 Å². The van der Waals surface area contributed by atoms with Crippen LogP contribution in [0.15, 0.2) is 12.1 Å². The van der Waals surface area contributed by atoms with Gasteiger partial charge >= 0.3 is 0 Å². The molecule has 0 radical (unpaired) electrons. The standard InChI is InChI=1S/C15H22N2O3/c1-10(8-16-13-4-5-13)9-20-15-7-11(2)14(17(18)19)6-12(15)3/h6-7,10,13,16H,4-5,8-9H2,1-3H3. The molecule has 0 amide bonds. The van der Waals surface area contributed by atoms with E-state index in [0.29, 0.717) is 24.1 Å². The van der Waals surface area contributed by atoms with Crippen molar-refractivity contribution < 1.29 is 9.66 Å². The fraction of sp³-hybridized carbons (Fsp3) is 0.600. The maximum atomic E-state index is 10.9. The van der Waals surface area contributed by atoms with Crippen molar-refractivity contribution in [2.45, 2.75) is 39.7 Å².